The maximum absolute atomic E-state index is 12.1. The van der Waals surface area contributed by atoms with Gasteiger partial charge < -0.3 is 24.5 Å². The summed E-state index contributed by atoms with van der Waals surface area (Å²) in [6.07, 6.45) is 2.12. The predicted octanol–water partition coefficient (Wildman–Crippen LogP) is 2.41. The fraction of sp³-hybridized carbons (Fsp3) is 0.444. The Labute approximate surface area is 148 Å². The van der Waals surface area contributed by atoms with Gasteiger partial charge in [0.15, 0.2) is 17.6 Å². The number of amides is 2. The van der Waals surface area contributed by atoms with Gasteiger partial charge in [-0.3, -0.25) is 0 Å². The zero-order valence-corrected chi connectivity index (χ0v) is 14.9. The van der Waals surface area contributed by atoms with Gasteiger partial charge in [-0.2, -0.15) is 0 Å². The molecular formula is C18H25N3O4. The molecule has 0 radical (unpaired) electrons. The van der Waals surface area contributed by atoms with E-state index in [9.17, 15) is 4.79 Å². The third-order valence-corrected chi connectivity index (χ3v) is 3.84. The van der Waals surface area contributed by atoms with Gasteiger partial charge in [0.05, 0.1) is 26.5 Å². The van der Waals surface area contributed by atoms with Crippen molar-refractivity contribution in [3.8, 4) is 11.5 Å². The van der Waals surface area contributed by atoms with Crippen LogP contribution in [-0.2, 0) is 4.84 Å². The van der Waals surface area contributed by atoms with Gasteiger partial charge in [-0.05, 0) is 25.1 Å². The van der Waals surface area contributed by atoms with Gasteiger partial charge in [-0.15, -0.1) is 6.58 Å². The number of urea groups is 1. The molecule has 2 amide bonds. The second-order valence-electron chi connectivity index (χ2n) is 5.57. The summed E-state index contributed by atoms with van der Waals surface area (Å²) in [5.41, 5.74) is 1.73. The summed E-state index contributed by atoms with van der Waals surface area (Å²) in [6.45, 7) is 7.06. The van der Waals surface area contributed by atoms with E-state index in [0.717, 1.165) is 11.3 Å². The summed E-state index contributed by atoms with van der Waals surface area (Å²) < 4.78 is 10.6. The number of hydrogen-bond acceptors (Lipinski definition) is 5. The van der Waals surface area contributed by atoms with Gasteiger partial charge in [0.1, 0.15) is 0 Å². The molecule has 25 heavy (non-hydrogen) atoms. The minimum Gasteiger partial charge on any atom is -0.493 e. The third-order valence-electron chi connectivity index (χ3n) is 3.84. The number of ether oxygens (including phenoxy) is 2. The monoisotopic (exact) mass is 347 g/mol. The van der Waals surface area contributed by atoms with E-state index >= 15 is 0 Å². The van der Waals surface area contributed by atoms with Gasteiger partial charge in [-0.25, -0.2) is 4.79 Å². The molecule has 136 valence electrons. The Morgan fingerprint density at radius 3 is 2.84 bits per heavy atom. The molecule has 1 aliphatic heterocycles. The van der Waals surface area contributed by atoms with E-state index in [0.29, 0.717) is 37.6 Å². The molecule has 7 nitrogen and oxygen atoms in total. The van der Waals surface area contributed by atoms with Gasteiger partial charge >= 0.3 is 6.03 Å². The SMILES string of the molecule is C=CCN(C[C@H]1CC(c2ccc(OC)c(OC)c2)=NO1)C(=O)NCC. The molecule has 0 saturated carbocycles. The van der Waals surface area contributed by atoms with Crippen molar-refractivity contribution in [3.05, 3.63) is 36.4 Å². The minimum absolute atomic E-state index is 0.134. The molecule has 1 N–H and O–H groups in total. The van der Waals surface area contributed by atoms with Crippen LogP contribution in [0.4, 0.5) is 4.79 Å². The lowest BCUT2D eigenvalue weighted by Crippen LogP contribution is -2.43. The van der Waals surface area contributed by atoms with Crippen LogP contribution in [0.1, 0.15) is 18.9 Å². The summed E-state index contributed by atoms with van der Waals surface area (Å²) >= 11 is 0. The average Bonchev–Trinajstić information content (AvgIpc) is 3.09. The topological polar surface area (TPSA) is 72.4 Å². The summed E-state index contributed by atoms with van der Waals surface area (Å²) in [5, 5.41) is 6.96. The zero-order valence-electron chi connectivity index (χ0n) is 14.9. The molecule has 0 aromatic heterocycles. The number of nitrogens with one attached hydrogen (secondary N) is 1. The maximum atomic E-state index is 12.1. The summed E-state index contributed by atoms with van der Waals surface area (Å²) in [6, 6.07) is 5.49. The summed E-state index contributed by atoms with van der Waals surface area (Å²) in [7, 11) is 3.19. The first kappa shape index (κ1) is 18.6. The van der Waals surface area contributed by atoms with Crippen LogP contribution in [0.3, 0.4) is 0 Å². The van der Waals surface area contributed by atoms with E-state index in [2.05, 4.69) is 17.1 Å². The molecule has 1 atom stereocenters. The van der Waals surface area contributed by atoms with Crippen LogP contribution in [0.2, 0.25) is 0 Å². The summed E-state index contributed by atoms with van der Waals surface area (Å²) in [4.78, 5) is 19.2. The lowest BCUT2D eigenvalue weighted by Gasteiger charge is -2.23. The van der Waals surface area contributed by atoms with Crippen molar-refractivity contribution in [1.82, 2.24) is 10.2 Å². The van der Waals surface area contributed by atoms with Crippen molar-refractivity contribution in [3.63, 3.8) is 0 Å². The quantitative estimate of drug-likeness (QED) is 0.733. The molecule has 1 aromatic carbocycles. The van der Waals surface area contributed by atoms with Crippen molar-refractivity contribution in [2.45, 2.75) is 19.4 Å². The Kier molecular flexibility index (Phi) is 6.68. The lowest BCUT2D eigenvalue weighted by molar-refractivity contribution is 0.0630. The third kappa shape index (κ3) is 4.65. The number of oxime groups is 1. The number of benzene rings is 1. The molecule has 0 saturated heterocycles. The van der Waals surface area contributed by atoms with Crippen LogP contribution in [-0.4, -0.2) is 56.6 Å². The number of methoxy groups -OCH3 is 2. The van der Waals surface area contributed by atoms with Crippen LogP contribution in [0.5, 0.6) is 11.5 Å². The van der Waals surface area contributed by atoms with Crippen molar-refractivity contribution in [2.24, 2.45) is 5.16 Å². The van der Waals surface area contributed by atoms with E-state index in [1.54, 1.807) is 25.2 Å². The Balaban J connectivity index is 2.02. The molecule has 0 spiro atoms. The van der Waals surface area contributed by atoms with Crippen molar-refractivity contribution in [2.75, 3.05) is 33.9 Å². The zero-order chi connectivity index (χ0) is 18.2. The maximum Gasteiger partial charge on any atom is 0.317 e. The van der Waals surface area contributed by atoms with E-state index in [4.69, 9.17) is 14.3 Å². The van der Waals surface area contributed by atoms with Crippen LogP contribution in [0.25, 0.3) is 0 Å². The molecule has 7 heteroatoms. The highest BCUT2D eigenvalue weighted by molar-refractivity contribution is 6.01. The highest BCUT2D eigenvalue weighted by atomic mass is 16.6. The Morgan fingerprint density at radius 1 is 1.44 bits per heavy atom. The second kappa shape index (κ2) is 8.96. The van der Waals surface area contributed by atoms with Crippen molar-refractivity contribution in [1.29, 1.82) is 0 Å². The van der Waals surface area contributed by atoms with Gasteiger partial charge in [0.25, 0.3) is 0 Å². The number of nitrogens with zero attached hydrogens (tertiary/aromatic N) is 2. The standard InChI is InChI=1S/C18H25N3O4/c1-5-9-21(18(22)19-6-2)12-14-11-15(20-25-14)13-7-8-16(23-3)17(10-13)24-4/h5,7-8,10,14H,1,6,9,11-12H2,2-4H3,(H,19,22)/t14-/m1/s1. The molecule has 1 heterocycles. The number of hydrogen-bond donors (Lipinski definition) is 1. The first-order valence-electron chi connectivity index (χ1n) is 8.21. The normalized spacial score (nSPS) is 15.8. The van der Waals surface area contributed by atoms with Crippen LogP contribution >= 0.6 is 0 Å². The Bertz CT molecular complexity index is 645. The molecule has 1 aromatic rings. The van der Waals surface area contributed by atoms with E-state index < -0.39 is 0 Å². The second-order valence-corrected chi connectivity index (χ2v) is 5.57. The van der Waals surface area contributed by atoms with Crippen molar-refractivity contribution >= 4 is 11.7 Å². The van der Waals surface area contributed by atoms with E-state index in [-0.39, 0.29) is 12.1 Å². The first-order valence-corrected chi connectivity index (χ1v) is 8.21. The largest absolute Gasteiger partial charge is 0.493 e. The molecule has 1 aliphatic rings. The highest BCUT2D eigenvalue weighted by Gasteiger charge is 2.26. The number of carbonyl (C=O) groups is 1. The van der Waals surface area contributed by atoms with Gasteiger partial charge in [0.2, 0.25) is 0 Å². The highest BCUT2D eigenvalue weighted by Crippen LogP contribution is 2.29. The first-order chi connectivity index (χ1) is 12.1. The minimum atomic E-state index is -0.189. The Hall–Kier alpha value is -2.70. The summed E-state index contributed by atoms with van der Waals surface area (Å²) in [5.74, 6) is 1.30. The average molecular weight is 347 g/mol. The van der Waals surface area contributed by atoms with E-state index in [1.165, 1.54) is 0 Å². The smallest absolute Gasteiger partial charge is 0.317 e. The molecule has 0 bridgehead atoms. The predicted molar refractivity (Wildman–Crippen MR) is 96.4 cm³/mol. The molecule has 0 unspecified atom stereocenters. The van der Waals surface area contributed by atoms with Gasteiger partial charge in [0, 0.05) is 25.1 Å². The Morgan fingerprint density at radius 2 is 2.20 bits per heavy atom. The van der Waals surface area contributed by atoms with Gasteiger partial charge in [-0.1, -0.05) is 11.2 Å². The molecule has 2 rings (SSSR count). The number of rotatable bonds is 8. The molecular weight excluding hydrogens is 322 g/mol. The number of carbonyl (C=O) groups excluding carboxylic acids is 1. The molecule has 0 aliphatic carbocycles. The van der Waals surface area contributed by atoms with Crippen LogP contribution in [0.15, 0.2) is 36.0 Å². The fourth-order valence-electron chi connectivity index (χ4n) is 2.62. The lowest BCUT2D eigenvalue weighted by atomic mass is 10.0. The van der Waals surface area contributed by atoms with Crippen LogP contribution in [0, 0.1) is 0 Å². The fourth-order valence-corrected chi connectivity index (χ4v) is 2.62. The van der Waals surface area contributed by atoms with Crippen LogP contribution < -0.4 is 14.8 Å². The van der Waals surface area contributed by atoms with E-state index in [1.807, 2.05) is 25.1 Å². The molecule has 0 fully saturated rings. The van der Waals surface area contributed by atoms with Crippen molar-refractivity contribution < 1.29 is 19.1 Å².